The Balaban J connectivity index is 1.51. The Morgan fingerprint density at radius 1 is 0.655 bits per heavy atom. The molecular formula is C47H55N5O2S. The Morgan fingerprint density at radius 2 is 1.09 bits per heavy atom. The molecule has 6 rings (SSSR count). The number of nitrogens with one attached hydrogen (secondary N) is 1. The number of amidine groups is 1. The Morgan fingerprint density at radius 3 is 1.51 bits per heavy atom. The Hall–Kier alpha value is -5.21. The zero-order chi connectivity index (χ0) is 39.1. The lowest BCUT2D eigenvalue weighted by Gasteiger charge is -2.39. The molecule has 1 amide bonds. The number of thioether (sulfide) groups is 1. The van der Waals surface area contributed by atoms with Crippen molar-refractivity contribution in [3.8, 4) is 0 Å². The number of nitrogens with zero attached hydrogens (tertiary/aromatic N) is 4. The highest BCUT2D eigenvalue weighted by Gasteiger charge is 2.44. The monoisotopic (exact) mass is 753 g/mol. The maximum Gasteiger partial charge on any atom is 0.413 e. The summed E-state index contributed by atoms with van der Waals surface area (Å²) in [6.07, 6.45) is -0.503. The summed E-state index contributed by atoms with van der Waals surface area (Å²) < 4.78 is 4.86. The summed E-state index contributed by atoms with van der Waals surface area (Å²) in [6.45, 7) is 20.7. The zero-order valence-corrected chi connectivity index (χ0v) is 34.4. The second-order valence-corrected chi connectivity index (χ2v) is 15.6. The number of aryl methyl sites for hydroxylation is 2. The zero-order valence-electron chi connectivity index (χ0n) is 33.6. The van der Waals surface area contributed by atoms with Gasteiger partial charge in [-0.15, -0.1) is 0 Å². The minimum atomic E-state index is -0.752. The molecule has 0 radical (unpaired) electrons. The van der Waals surface area contributed by atoms with Gasteiger partial charge in [-0.3, -0.25) is 5.32 Å². The number of carbonyl (C=O) groups is 1. The van der Waals surface area contributed by atoms with Crippen LogP contribution < -0.4 is 20.0 Å². The molecule has 0 aromatic heterocycles. The number of amides is 1. The average molecular weight is 754 g/mol. The molecule has 0 unspecified atom stereocenters. The van der Waals surface area contributed by atoms with E-state index in [2.05, 4.69) is 177 Å². The molecule has 0 saturated carbocycles. The number of carbonyl (C=O) groups excluding carboxylic acids is 1. The van der Waals surface area contributed by atoms with Gasteiger partial charge in [0.1, 0.15) is 4.75 Å². The molecule has 1 aliphatic rings. The predicted octanol–water partition coefficient (Wildman–Crippen LogP) is 11.9. The maximum absolute atomic E-state index is 13.2. The quantitative estimate of drug-likeness (QED) is 0.129. The highest BCUT2D eigenvalue weighted by Crippen LogP contribution is 2.55. The Bertz CT molecular complexity index is 1980. The molecule has 1 N–H and O–H groups in total. The van der Waals surface area contributed by atoms with Crippen LogP contribution in [0.3, 0.4) is 0 Å². The van der Waals surface area contributed by atoms with Gasteiger partial charge in [0.15, 0.2) is 5.17 Å². The molecule has 5 aromatic carbocycles. The van der Waals surface area contributed by atoms with Gasteiger partial charge in [-0.1, -0.05) is 91.3 Å². The number of alkyl carbamates (subject to hydrolysis) is 1. The van der Waals surface area contributed by atoms with Gasteiger partial charge in [-0.2, -0.15) is 0 Å². The van der Waals surface area contributed by atoms with Crippen molar-refractivity contribution in [2.24, 2.45) is 10.9 Å². The van der Waals surface area contributed by atoms with Crippen LogP contribution in [0.25, 0.3) is 0 Å². The molecule has 1 heterocycles. The van der Waals surface area contributed by atoms with Crippen LogP contribution >= 0.6 is 11.8 Å². The third-order valence-electron chi connectivity index (χ3n) is 10.2. The minimum Gasteiger partial charge on any atom is -0.449 e. The van der Waals surface area contributed by atoms with Crippen LogP contribution in [0, 0.1) is 19.8 Å². The van der Waals surface area contributed by atoms with Crippen LogP contribution in [0.15, 0.2) is 120 Å². The largest absolute Gasteiger partial charge is 0.449 e. The lowest BCUT2D eigenvalue weighted by molar-refractivity contribution is 0.138. The van der Waals surface area contributed by atoms with Crippen molar-refractivity contribution >= 4 is 57.1 Å². The Labute approximate surface area is 332 Å². The van der Waals surface area contributed by atoms with Gasteiger partial charge >= 0.3 is 6.09 Å². The first kappa shape index (κ1) is 39.5. The molecule has 0 atom stereocenters. The summed E-state index contributed by atoms with van der Waals surface area (Å²) >= 11 is 1.55. The van der Waals surface area contributed by atoms with Crippen LogP contribution in [-0.2, 0) is 9.48 Å². The first-order valence-electron chi connectivity index (χ1n) is 19.6. The van der Waals surface area contributed by atoms with Crippen molar-refractivity contribution in [3.05, 3.63) is 143 Å². The van der Waals surface area contributed by atoms with Crippen LogP contribution in [0.2, 0.25) is 0 Å². The van der Waals surface area contributed by atoms with Crippen LogP contribution in [0.5, 0.6) is 0 Å². The van der Waals surface area contributed by atoms with Crippen molar-refractivity contribution in [3.63, 3.8) is 0 Å². The summed E-state index contributed by atoms with van der Waals surface area (Å²) in [5, 5.41) is 3.53. The van der Waals surface area contributed by atoms with Crippen LogP contribution in [0.4, 0.5) is 38.9 Å². The first-order valence-corrected chi connectivity index (χ1v) is 20.4. The van der Waals surface area contributed by atoms with Gasteiger partial charge in [0, 0.05) is 60.2 Å². The smallest absolute Gasteiger partial charge is 0.413 e. The lowest BCUT2D eigenvalue weighted by atomic mass is 9.82. The third-order valence-corrected chi connectivity index (χ3v) is 11.6. The molecule has 286 valence electrons. The molecular weight excluding hydrogens is 699 g/mol. The highest BCUT2D eigenvalue weighted by atomic mass is 32.2. The number of benzene rings is 5. The van der Waals surface area contributed by atoms with E-state index in [1.165, 1.54) is 11.1 Å². The molecule has 0 saturated heterocycles. The van der Waals surface area contributed by atoms with E-state index in [0.29, 0.717) is 11.8 Å². The summed E-state index contributed by atoms with van der Waals surface area (Å²) in [5.41, 5.74) is 12.1. The van der Waals surface area contributed by atoms with Crippen molar-refractivity contribution in [1.82, 2.24) is 5.32 Å². The van der Waals surface area contributed by atoms with Gasteiger partial charge in [0.05, 0.1) is 12.3 Å². The van der Waals surface area contributed by atoms with E-state index < -0.39 is 10.8 Å². The van der Waals surface area contributed by atoms with E-state index in [0.717, 1.165) is 77.0 Å². The standard InChI is InChI=1S/C47H55N5O2S/c1-9-50(10-2)42-29-30-43-44(31-42)48-45(49-46(53)54-32-33(5)6)55-47(43,36-17-25-40(26-18-36)51(11-3)38-21-13-34(7)14-22-38)37-19-27-41(28-20-37)52(12-4)39-23-15-35(8)16-24-39/h13-31,33H,9-12,32H2,1-8H3,(H,48,49,53). The fourth-order valence-corrected chi connectivity index (χ4v) is 8.63. The molecule has 0 aliphatic carbocycles. The van der Waals surface area contributed by atoms with Crippen molar-refractivity contribution in [1.29, 1.82) is 0 Å². The second kappa shape index (κ2) is 17.5. The van der Waals surface area contributed by atoms with Gasteiger partial charge in [0.25, 0.3) is 0 Å². The number of fused-ring (bicyclic) bond motifs is 1. The number of aliphatic imine (C=N–C) groups is 1. The predicted molar refractivity (Wildman–Crippen MR) is 234 cm³/mol. The summed E-state index contributed by atoms with van der Waals surface area (Å²) in [4.78, 5) is 25.3. The van der Waals surface area contributed by atoms with E-state index in [4.69, 9.17) is 9.73 Å². The maximum atomic E-state index is 13.2. The van der Waals surface area contributed by atoms with Gasteiger partial charge in [0.2, 0.25) is 0 Å². The summed E-state index contributed by atoms with van der Waals surface area (Å²) in [6, 6.07) is 41.7. The molecule has 55 heavy (non-hydrogen) atoms. The molecule has 7 nitrogen and oxygen atoms in total. The second-order valence-electron chi connectivity index (χ2n) is 14.4. The van der Waals surface area contributed by atoms with E-state index in [9.17, 15) is 4.79 Å². The molecule has 8 heteroatoms. The number of rotatable bonds is 13. The van der Waals surface area contributed by atoms with Crippen molar-refractivity contribution in [2.45, 2.75) is 60.1 Å². The van der Waals surface area contributed by atoms with Gasteiger partial charge < -0.3 is 19.4 Å². The Kier molecular flexibility index (Phi) is 12.6. The first-order chi connectivity index (χ1) is 26.6. The number of ether oxygens (including phenoxy) is 1. The molecule has 0 fully saturated rings. The van der Waals surface area contributed by atoms with E-state index >= 15 is 0 Å². The molecule has 0 spiro atoms. The topological polar surface area (TPSA) is 60.4 Å². The van der Waals surface area contributed by atoms with E-state index in [1.54, 1.807) is 11.8 Å². The number of hydrogen-bond donors (Lipinski definition) is 1. The SMILES string of the molecule is CCN(CC)c1ccc2c(c1)N=C(NC(=O)OCC(C)C)SC2(c1ccc(N(CC)c2ccc(C)cc2)cc1)c1ccc(N(CC)c2ccc(C)cc2)cc1. The van der Waals surface area contributed by atoms with Crippen LogP contribution in [0.1, 0.15) is 69.4 Å². The van der Waals surface area contributed by atoms with Gasteiger partial charge in [-0.25, -0.2) is 9.79 Å². The minimum absolute atomic E-state index is 0.213. The van der Waals surface area contributed by atoms with E-state index in [1.807, 2.05) is 13.8 Å². The number of hydrogen-bond acceptors (Lipinski definition) is 7. The lowest BCUT2D eigenvalue weighted by Crippen LogP contribution is -2.37. The van der Waals surface area contributed by atoms with E-state index in [-0.39, 0.29) is 5.92 Å². The highest BCUT2D eigenvalue weighted by molar-refractivity contribution is 8.15. The normalized spacial score (nSPS) is 13.1. The van der Waals surface area contributed by atoms with Crippen molar-refractivity contribution in [2.75, 3.05) is 47.5 Å². The number of anilines is 5. The van der Waals surface area contributed by atoms with Gasteiger partial charge in [-0.05, 0) is 119 Å². The van der Waals surface area contributed by atoms with Crippen molar-refractivity contribution < 1.29 is 9.53 Å². The summed E-state index contributed by atoms with van der Waals surface area (Å²) in [5.74, 6) is 0.213. The molecule has 5 aromatic rings. The van der Waals surface area contributed by atoms with Crippen LogP contribution in [-0.4, -0.2) is 44.0 Å². The fourth-order valence-electron chi connectivity index (χ4n) is 7.27. The molecule has 1 aliphatic heterocycles. The third kappa shape index (κ3) is 8.55. The molecule has 0 bridgehead atoms. The summed E-state index contributed by atoms with van der Waals surface area (Å²) in [7, 11) is 0. The fraction of sp³-hybridized carbons (Fsp3) is 0.319. The average Bonchev–Trinajstić information content (AvgIpc) is 3.19.